The van der Waals surface area contributed by atoms with E-state index in [0.29, 0.717) is 18.7 Å². The molecule has 3 rings (SSSR count). The maximum absolute atomic E-state index is 12.8. The summed E-state index contributed by atoms with van der Waals surface area (Å²) in [6.45, 7) is 2.55. The lowest BCUT2D eigenvalue weighted by Crippen LogP contribution is -2.35. The highest BCUT2D eigenvalue weighted by atomic mass is 32.2. The van der Waals surface area contributed by atoms with Crippen LogP contribution in [-0.2, 0) is 20.0 Å². The van der Waals surface area contributed by atoms with E-state index in [9.17, 15) is 16.8 Å². The first kappa shape index (κ1) is 17.9. The van der Waals surface area contributed by atoms with Crippen LogP contribution in [0.2, 0.25) is 0 Å². The number of anilines is 1. The van der Waals surface area contributed by atoms with Crippen molar-refractivity contribution in [3.8, 4) is 0 Å². The van der Waals surface area contributed by atoms with Crippen LogP contribution in [0.1, 0.15) is 24.8 Å². The van der Waals surface area contributed by atoms with Gasteiger partial charge in [-0.3, -0.25) is 9.82 Å². The zero-order chi connectivity index (χ0) is 18.1. The van der Waals surface area contributed by atoms with Gasteiger partial charge in [0, 0.05) is 19.3 Å². The van der Waals surface area contributed by atoms with E-state index in [-0.39, 0.29) is 15.5 Å². The molecule has 1 aliphatic heterocycles. The Hall–Kier alpha value is -1.91. The molecule has 0 aliphatic carbocycles. The highest BCUT2D eigenvalue weighted by Crippen LogP contribution is 2.26. The van der Waals surface area contributed by atoms with E-state index < -0.39 is 20.0 Å². The molecular formula is C15H20N4O4S2. The van der Waals surface area contributed by atoms with Crippen molar-refractivity contribution >= 4 is 25.7 Å². The summed E-state index contributed by atoms with van der Waals surface area (Å²) in [6.07, 6.45) is 5.38. The average molecular weight is 384 g/mol. The molecule has 2 N–H and O–H groups in total. The number of H-pyrrole nitrogens is 1. The predicted molar refractivity (Wildman–Crippen MR) is 93.2 cm³/mol. The zero-order valence-corrected chi connectivity index (χ0v) is 15.4. The van der Waals surface area contributed by atoms with Crippen molar-refractivity contribution in [3.05, 3.63) is 36.2 Å². The molecule has 2 heterocycles. The van der Waals surface area contributed by atoms with Gasteiger partial charge in [0.2, 0.25) is 10.0 Å². The Bertz CT molecular complexity index is 947. The maximum Gasteiger partial charge on any atom is 0.262 e. The molecule has 2 aromatic rings. The van der Waals surface area contributed by atoms with Crippen molar-refractivity contribution in [3.63, 3.8) is 0 Å². The molecule has 8 nitrogen and oxygen atoms in total. The molecule has 0 unspecified atom stereocenters. The zero-order valence-electron chi connectivity index (χ0n) is 13.8. The second-order valence-electron chi connectivity index (χ2n) is 5.98. The number of aromatic nitrogens is 2. The Balaban J connectivity index is 1.98. The molecule has 0 bridgehead atoms. The fraction of sp³-hybridized carbons (Fsp3) is 0.400. The van der Waals surface area contributed by atoms with E-state index in [1.807, 2.05) is 0 Å². The molecule has 0 saturated carbocycles. The molecule has 25 heavy (non-hydrogen) atoms. The van der Waals surface area contributed by atoms with E-state index in [1.165, 1.54) is 34.9 Å². The normalized spacial score (nSPS) is 16.7. The smallest absolute Gasteiger partial charge is 0.262 e. The van der Waals surface area contributed by atoms with Crippen LogP contribution in [-0.4, -0.2) is 44.4 Å². The lowest BCUT2D eigenvalue weighted by molar-refractivity contribution is 0.346. The van der Waals surface area contributed by atoms with Crippen LogP contribution in [0.3, 0.4) is 0 Å². The molecule has 10 heteroatoms. The number of sulfonamides is 2. The Morgan fingerprint density at radius 2 is 1.84 bits per heavy atom. The topological polar surface area (TPSA) is 112 Å². The van der Waals surface area contributed by atoms with Gasteiger partial charge in [0.25, 0.3) is 10.0 Å². The fourth-order valence-corrected chi connectivity index (χ4v) is 5.73. The van der Waals surface area contributed by atoms with Crippen LogP contribution in [0.15, 0.2) is 40.4 Å². The lowest BCUT2D eigenvalue weighted by Gasteiger charge is -2.26. The Kier molecular flexibility index (Phi) is 4.85. The third-order valence-electron chi connectivity index (χ3n) is 4.15. The van der Waals surface area contributed by atoms with Crippen molar-refractivity contribution in [2.75, 3.05) is 17.8 Å². The van der Waals surface area contributed by atoms with Gasteiger partial charge in [0.15, 0.2) is 0 Å². The van der Waals surface area contributed by atoms with E-state index in [2.05, 4.69) is 14.9 Å². The van der Waals surface area contributed by atoms with Gasteiger partial charge in [-0.25, -0.2) is 16.8 Å². The van der Waals surface area contributed by atoms with Gasteiger partial charge in [0.1, 0.15) is 0 Å². The average Bonchev–Trinajstić information content (AvgIpc) is 3.08. The minimum Gasteiger partial charge on any atom is -0.284 e. The van der Waals surface area contributed by atoms with E-state index in [0.717, 1.165) is 19.3 Å². The highest BCUT2D eigenvalue weighted by molar-refractivity contribution is 7.93. The first-order chi connectivity index (χ1) is 11.8. The van der Waals surface area contributed by atoms with Crippen LogP contribution >= 0.6 is 0 Å². The molecule has 0 amide bonds. The number of aryl methyl sites for hydroxylation is 1. The number of hydrogen-bond acceptors (Lipinski definition) is 5. The molecule has 0 atom stereocenters. The van der Waals surface area contributed by atoms with Crippen LogP contribution in [0, 0.1) is 6.92 Å². The molecule has 0 radical (unpaired) electrons. The highest BCUT2D eigenvalue weighted by Gasteiger charge is 2.28. The summed E-state index contributed by atoms with van der Waals surface area (Å²) >= 11 is 0. The summed E-state index contributed by atoms with van der Waals surface area (Å²) in [5.74, 6) is 0. The first-order valence-electron chi connectivity index (χ1n) is 7.93. The Morgan fingerprint density at radius 3 is 2.48 bits per heavy atom. The third-order valence-corrected chi connectivity index (χ3v) is 7.57. The van der Waals surface area contributed by atoms with Crippen molar-refractivity contribution < 1.29 is 16.8 Å². The number of hydrogen-bond donors (Lipinski definition) is 2. The van der Waals surface area contributed by atoms with Gasteiger partial charge >= 0.3 is 0 Å². The minimum atomic E-state index is -3.92. The number of aromatic amines is 1. The molecule has 1 aromatic heterocycles. The largest absolute Gasteiger partial charge is 0.284 e. The number of rotatable bonds is 5. The van der Waals surface area contributed by atoms with E-state index >= 15 is 0 Å². The lowest BCUT2D eigenvalue weighted by atomic mass is 10.2. The third kappa shape index (κ3) is 3.70. The Labute approximate surface area is 147 Å². The summed E-state index contributed by atoms with van der Waals surface area (Å²) < 4.78 is 54.6. The van der Waals surface area contributed by atoms with Gasteiger partial charge in [0.05, 0.1) is 21.7 Å². The molecule has 1 fully saturated rings. The number of nitrogens with zero attached hydrogens (tertiary/aromatic N) is 2. The minimum absolute atomic E-state index is 0.00688. The predicted octanol–water partition coefficient (Wildman–Crippen LogP) is 1.69. The molecule has 1 aromatic carbocycles. The van der Waals surface area contributed by atoms with Crippen LogP contribution in [0.4, 0.5) is 5.69 Å². The monoisotopic (exact) mass is 384 g/mol. The van der Waals surface area contributed by atoms with E-state index in [4.69, 9.17) is 0 Å². The first-order valence-corrected chi connectivity index (χ1v) is 10.9. The Morgan fingerprint density at radius 1 is 1.12 bits per heavy atom. The summed E-state index contributed by atoms with van der Waals surface area (Å²) in [5, 5.41) is 6.20. The number of piperidine rings is 1. The van der Waals surface area contributed by atoms with Crippen LogP contribution < -0.4 is 4.72 Å². The molecule has 136 valence electrons. The fourth-order valence-electron chi connectivity index (χ4n) is 2.80. The van der Waals surface area contributed by atoms with E-state index in [1.54, 1.807) is 6.92 Å². The number of benzene rings is 1. The van der Waals surface area contributed by atoms with Gasteiger partial charge in [-0.05, 0) is 37.5 Å². The summed E-state index contributed by atoms with van der Waals surface area (Å²) in [4.78, 5) is -0.0700. The number of nitrogens with one attached hydrogen (secondary N) is 2. The second kappa shape index (κ2) is 6.77. The summed E-state index contributed by atoms with van der Waals surface area (Å²) in [6, 6.07) is 4.19. The van der Waals surface area contributed by atoms with Gasteiger partial charge in [-0.1, -0.05) is 12.5 Å². The maximum atomic E-state index is 12.8. The standard InChI is InChI=1S/C15H20N4O4S2/c1-12-5-6-14(25(22,23)19-7-3-2-4-8-19)9-15(12)24(20,21)18-13-10-16-17-11-13/h5-6,9-11,18H,2-4,7-8H2,1H3,(H,16,17). The quantitative estimate of drug-likeness (QED) is 0.815. The second-order valence-corrected chi connectivity index (χ2v) is 9.57. The van der Waals surface area contributed by atoms with Gasteiger partial charge in [-0.2, -0.15) is 9.40 Å². The molecule has 1 aliphatic rings. The molecular weight excluding hydrogens is 364 g/mol. The van der Waals surface area contributed by atoms with Crippen LogP contribution in [0.5, 0.6) is 0 Å². The van der Waals surface area contributed by atoms with Crippen molar-refractivity contribution in [1.29, 1.82) is 0 Å². The molecule has 0 spiro atoms. The van der Waals surface area contributed by atoms with Gasteiger partial charge in [-0.15, -0.1) is 0 Å². The summed E-state index contributed by atoms with van der Waals surface area (Å²) in [5.41, 5.74) is 0.747. The SMILES string of the molecule is Cc1ccc(S(=O)(=O)N2CCCCC2)cc1S(=O)(=O)Nc1cn[nH]c1. The summed E-state index contributed by atoms with van der Waals surface area (Å²) in [7, 11) is -7.62. The van der Waals surface area contributed by atoms with Crippen molar-refractivity contribution in [1.82, 2.24) is 14.5 Å². The van der Waals surface area contributed by atoms with Crippen molar-refractivity contribution in [2.24, 2.45) is 0 Å². The van der Waals surface area contributed by atoms with Crippen molar-refractivity contribution in [2.45, 2.75) is 36.0 Å². The van der Waals surface area contributed by atoms with Crippen LogP contribution in [0.25, 0.3) is 0 Å². The van der Waals surface area contributed by atoms with Gasteiger partial charge < -0.3 is 0 Å². The molecule has 1 saturated heterocycles.